The van der Waals surface area contributed by atoms with Gasteiger partial charge in [0.1, 0.15) is 0 Å². The highest BCUT2D eigenvalue weighted by molar-refractivity contribution is 7.89. The normalized spacial score (nSPS) is 11.9. The van der Waals surface area contributed by atoms with Crippen molar-refractivity contribution in [2.45, 2.75) is 31.2 Å². The molecule has 1 rings (SSSR count). The van der Waals surface area contributed by atoms with Gasteiger partial charge in [0.25, 0.3) is 0 Å². The molecule has 0 aliphatic rings. The van der Waals surface area contributed by atoms with E-state index in [1.54, 1.807) is 20.8 Å². The van der Waals surface area contributed by atoms with Crippen LogP contribution < -0.4 is 15.8 Å². The minimum atomic E-state index is -3.88. The number of amides is 2. The number of carboxylic acid groups (broad SMARTS) is 2. The van der Waals surface area contributed by atoms with Gasteiger partial charge in [-0.2, -0.15) is 0 Å². The second-order valence-electron chi connectivity index (χ2n) is 8.62. The molecule has 14 heteroatoms. The topological polar surface area (TPSA) is 199 Å². The third-order valence-electron chi connectivity index (χ3n) is 4.17. The fourth-order valence-electron chi connectivity index (χ4n) is 2.89. The van der Waals surface area contributed by atoms with E-state index in [0.29, 0.717) is 0 Å². The summed E-state index contributed by atoms with van der Waals surface area (Å²) in [6.45, 7) is 3.87. The Kier molecular flexibility index (Phi) is 10.6. The van der Waals surface area contributed by atoms with Gasteiger partial charge in [-0.1, -0.05) is 0 Å². The molecule has 2 amide bonds. The van der Waals surface area contributed by atoms with E-state index in [4.69, 9.17) is 15.4 Å². The molecule has 0 saturated heterocycles. The number of sulfonamides is 1. The average molecular weight is 502 g/mol. The van der Waals surface area contributed by atoms with Crippen molar-refractivity contribution in [3.05, 3.63) is 24.3 Å². The van der Waals surface area contributed by atoms with Gasteiger partial charge in [-0.3, -0.25) is 29.0 Å². The van der Waals surface area contributed by atoms with Gasteiger partial charge in [-0.15, -0.1) is 0 Å². The van der Waals surface area contributed by atoms with Crippen LogP contribution in [-0.2, 0) is 29.2 Å². The van der Waals surface area contributed by atoms with Crippen LogP contribution >= 0.6 is 0 Å². The van der Waals surface area contributed by atoms with Crippen molar-refractivity contribution in [2.24, 2.45) is 5.14 Å². The maximum Gasteiger partial charge on any atom is 0.317 e. The summed E-state index contributed by atoms with van der Waals surface area (Å²) in [4.78, 5) is 49.4. The second kappa shape index (κ2) is 12.4. The number of hydrogen-bond acceptors (Lipinski definition) is 8. The number of benzene rings is 1. The molecule has 1 aromatic carbocycles. The van der Waals surface area contributed by atoms with E-state index in [-0.39, 0.29) is 42.7 Å². The lowest BCUT2D eigenvalue weighted by atomic mass is 10.1. The Balaban J connectivity index is 2.78. The number of nitrogens with zero attached hydrogens (tertiary/aromatic N) is 2. The van der Waals surface area contributed by atoms with Crippen molar-refractivity contribution in [2.75, 3.05) is 44.6 Å². The zero-order chi connectivity index (χ0) is 26.1. The van der Waals surface area contributed by atoms with Gasteiger partial charge in [0.2, 0.25) is 21.8 Å². The van der Waals surface area contributed by atoms with E-state index in [2.05, 4.69) is 10.6 Å². The van der Waals surface area contributed by atoms with Crippen LogP contribution in [0.25, 0.3) is 0 Å². The Labute approximate surface area is 197 Å². The number of hydrogen-bond donors (Lipinski definition) is 5. The van der Waals surface area contributed by atoms with E-state index in [0.717, 1.165) is 0 Å². The fraction of sp³-hybridized carbons (Fsp3) is 0.500. The highest BCUT2D eigenvalue weighted by Crippen LogP contribution is 2.12. The Morgan fingerprint density at radius 3 is 1.68 bits per heavy atom. The maximum atomic E-state index is 12.4. The van der Waals surface area contributed by atoms with Gasteiger partial charge < -0.3 is 20.8 Å². The van der Waals surface area contributed by atoms with Gasteiger partial charge in [-0.05, 0) is 45.0 Å². The second-order valence-corrected chi connectivity index (χ2v) is 10.2. The number of anilines is 1. The number of primary sulfonamides is 1. The zero-order valence-electron chi connectivity index (χ0n) is 19.3. The van der Waals surface area contributed by atoms with Crippen LogP contribution in [0, 0.1) is 0 Å². The molecule has 0 atom stereocenters. The molecule has 1 aromatic rings. The Morgan fingerprint density at radius 1 is 0.853 bits per heavy atom. The summed E-state index contributed by atoms with van der Waals surface area (Å²) in [6, 6.07) is 5.10. The summed E-state index contributed by atoms with van der Waals surface area (Å²) in [6.07, 6.45) is 0. The number of nitrogens with two attached hydrogens (primary N) is 1. The Hall–Kier alpha value is -3.07. The van der Waals surface area contributed by atoms with Crippen LogP contribution in [0.5, 0.6) is 0 Å². The first-order valence-corrected chi connectivity index (χ1v) is 11.7. The standard InChI is InChI=1S/C20H31N5O8S/c1-20(2,3)23-17(27)11-25(13-19(30)31)9-8-24(12-18(28)29)10-16(26)22-14-4-6-15(7-5-14)34(21,32)33/h4-7H,8-13H2,1-3H3,(H,22,26)(H,23,27)(H,28,29)(H,30,31)(H2,21,32,33). The molecule has 190 valence electrons. The van der Waals surface area contributed by atoms with E-state index in [9.17, 15) is 27.6 Å². The first-order chi connectivity index (χ1) is 15.5. The summed E-state index contributed by atoms with van der Waals surface area (Å²) < 4.78 is 22.6. The molecule has 0 heterocycles. The van der Waals surface area contributed by atoms with Crippen LogP contribution in [0.3, 0.4) is 0 Å². The van der Waals surface area contributed by atoms with E-state index in [1.165, 1.54) is 34.1 Å². The van der Waals surface area contributed by atoms with Gasteiger partial charge in [0.15, 0.2) is 0 Å². The van der Waals surface area contributed by atoms with E-state index >= 15 is 0 Å². The third kappa shape index (κ3) is 12.2. The molecule has 0 radical (unpaired) electrons. The highest BCUT2D eigenvalue weighted by Gasteiger charge is 2.21. The van der Waals surface area contributed by atoms with Gasteiger partial charge in [0.05, 0.1) is 31.1 Å². The van der Waals surface area contributed by atoms with Gasteiger partial charge in [-0.25, -0.2) is 13.6 Å². The minimum absolute atomic E-state index is 0.000152. The number of carbonyl (C=O) groups excluding carboxylic acids is 2. The monoisotopic (exact) mass is 501 g/mol. The predicted octanol–water partition coefficient (Wildman–Crippen LogP) is -1.04. The fourth-order valence-corrected chi connectivity index (χ4v) is 3.40. The number of rotatable bonds is 13. The largest absolute Gasteiger partial charge is 0.480 e. The quantitative estimate of drug-likeness (QED) is 0.222. The molecule has 13 nitrogen and oxygen atoms in total. The summed E-state index contributed by atoms with van der Waals surface area (Å²) in [7, 11) is -3.88. The summed E-state index contributed by atoms with van der Waals surface area (Å²) in [5, 5.41) is 28.6. The molecular formula is C20H31N5O8S. The molecule has 0 saturated carbocycles. The van der Waals surface area contributed by atoms with Crippen molar-refractivity contribution in [1.82, 2.24) is 15.1 Å². The first-order valence-electron chi connectivity index (χ1n) is 10.2. The van der Waals surface area contributed by atoms with Crippen LogP contribution in [0.1, 0.15) is 20.8 Å². The predicted molar refractivity (Wildman–Crippen MR) is 122 cm³/mol. The maximum absolute atomic E-state index is 12.4. The zero-order valence-corrected chi connectivity index (χ0v) is 20.1. The van der Waals surface area contributed by atoms with Crippen molar-refractivity contribution in [1.29, 1.82) is 0 Å². The molecular weight excluding hydrogens is 470 g/mol. The van der Waals surface area contributed by atoms with Crippen LogP contribution in [0.2, 0.25) is 0 Å². The third-order valence-corrected chi connectivity index (χ3v) is 5.09. The summed E-state index contributed by atoms with van der Waals surface area (Å²) >= 11 is 0. The van der Waals surface area contributed by atoms with Crippen molar-refractivity contribution in [3.63, 3.8) is 0 Å². The molecule has 0 spiro atoms. The van der Waals surface area contributed by atoms with Crippen LogP contribution in [-0.4, -0.2) is 97.0 Å². The molecule has 0 unspecified atom stereocenters. The SMILES string of the molecule is CC(C)(C)NC(=O)CN(CCN(CC(=O)O)CC(=O)Nc1ccc(S(N)(=O)=O)cc1)CC(=O)O. The number of carboxylic acids is 2. The molecule has 0 aliphatic heterocycles. The lowest BCUT2D eigenvalue weighted by Crippen LogP contribution is -2.49. The number of aliphatic carboxylic acids is 2. The first kappa shape index (κ1) is 29.0. The van der Waals surface area contributed by atoms with Gasteiger partial charge in [0, 0.05) is 24.3 Å². The number of nitrogens with one attached hydrogen (secondary N) is 2. The van der Waals surface area contributed by atoms with Crippen LogP contribution in [0.15, 0.2) is 29.2 Å². The molecule has 0 aliphatic carbocycles. The molecule has 34 heavy (non-hydrogen) atoms. The van der Waals surface area contributed by atoms with Gasteiger partial charge >= 0.3 is 11.9 Å². The van der Waals surface area contributed by atoms with E-state index in [1.807, 2.05) is 0 Å². The average Bonchev–Trinajstić information content (AvgIpc) is 2.63. The minimum Gasteiger partial charge on any atom is -0.480 e. The van der Waals surface area contributed by atoms with Crippen molar-refractivity contribution < 1.29 is 37.8 Å². The highest BCUT2D eigenvalue weighted by atomic mass is 32.2. The Morgan fingerprint density at radius 2 is 1.29 bits per heavy atom. The molecule has 0 fully saturated rings. The summed E-state index contributed by atoms with van der Waals surface area (Å²) in [5.74, 6) is -3.31. The lowest BCUT2D eigenvalue weighted by Gasteiger charge is -2.27. The van der Waals surface area contributed by atoms with Crippen LogP contribution in [0.4, 0.5) is 5.69 Å². The Bertz CT molecular complexity index is 989. The van der Waals surface area contributed by atoms with Crippen molar-refractivity contribution in [3.8, 4) is 0 Å². The smallest absolute Gasteiger partial charge is 0.317 e. The molecule has 0 aromatic heterocycles. The summed E-state index contributed by atoms with van der Waals surface area (Å²) in [5.41, 5.74) is -0.231. The van der Waals surface area contributed by atoms with E-state index < -0.39 is 46.5 Å². The molecule has 6 N–H and O–H groups in total. The lowest BCUT2D eigenvalue weighted by molar-refractivity contribution is -0.141. The van der Waals surface area contributed by atoms with Crippen molar-refractivity contribution >= 4 is 39.5 Å². The molecule has 0 bridgehead atoms. The number of carbonyl (C=O) groups is 4.